The number of tetrazole rings is 1. The van der Waals surface area contributed by atoms with Gasteiger partial charge in [0.05, 0.1) is 25.1 Å². The zero-order valence-electron chi connectivity index (χ0n) is 12.0. The van der Waals surface area contributed by atoms with E-state index in [-0.39, 0.29) is 0 Å². The standard InChI is InChI=1S/C15H16ClN5O/c16-13-4-6-14(7-5-13)21-18-15(17-19-21)3-1-2-8-20-9-11-22-12-10-20/h1-8H,9-12H2/p+1/b3-1+,8-2+. The first kappa shape index (κ1) is 14.9. The highest BCUT2D eigenvalue weighted by Crippen LogP contribution is 2.11. The summed E-state index contributed by atoms with van der Waals surface area (Å²) in [6, 6.07) is 7.28. The van der Waals surface area contributed by atoms with Crippen molar-refractivity contribution in [2.75, 3.05) is 26.3 Å². The van der Waals surface area contributed by atoms with Crippen molar-refractivity contribution in [2.24, 2.45) is 0 Å². The van der Waals surface area contributed by atoms with Crippen LogP contribution in [0.4, 0.5) is 0 Å². The molecule has 0 unspecified atom stereocenters. The van der Waals surface area contributed by atoms with E-state index < -0.39 is 0 Å². The van der Waals surface area contributed by atoms with Gasteiger partial charge in [-0.15, -0.1) is 15.0 Å². The van der Waals surface area contributed by atoms with Gasteiger partial charge < -0.3 is 9.64 Å². The maximum atomic E-state index is 5.86. The fourth-order valence-corrected chi connectivity index (χ4v) is 2.24. The second-order valence-corrected chi connectivity index (χ2v) is 5.34. The molecule has 7 heteroatoms. The van der Waals surface area contributed by atoms with E-state index in [1.807, 2.05) is 30.4 Å². The highest BCUT2D eigenvalue weighted by Gasteiger charge is 2.09. The van der Waals surface area contributed by atoms with Crippen molar-refractivity contribution in [1.82, 2.24) is 20.2 Å². The van der Waals surface area contributed by atoms with Crippen LogP contribution in [-0.4, -0.2) is 46.5 Å². The molecule has 0 atom stereocenters. The summed E-state index contributed by atoms with van der Waals surface area (Å²) in [6.07, 6.45) is 7.88. The Kier molecular flexibility index (Phi) is 4.95. The van der Waals surface area contributed by atoms with Crippen molar-refractivity contribution in [3.8, 4) is 5.69 Å². The number of nitrogens with zero attached hydrogens (tertiary/aromatic N) is 4. The predicted molar refractivity (Wildman–Crippen MR) is 83.9 cm³/mol. The largest absolute Gasteiger partial charge is 0.370 e. The number of nitrogens with one attached hydrogen (secondary N) is 1. The van der Waals surface area contributed by atoms with Gasteiger partial charge in [-0.25, -0.2) is 0 Å². The van der Waals surface area contributed by atoms with E-state index in [0.717, 1.165) is 32.0 Å². The molecule has 22 heavy (non-hydrogen) atoms. The van der Waals surface area contributed by atoms with Gasteiger partial charge in [0.2, 0.25) is 0 Å². The minimum Gasteiger partial charge on any atom is -0.370 e. The molecule has 0 bridgehead atoms. The average molecular weight is 319 g/mol. The number of ether oxygens (including phenoxy) is 1. The average Bonchev–Trinajstić information content (AvgIpc) is 3.02. The minimum atomic E-state index is 0.566. The number of benzene rings is 1. The molecule has 0 radical (unpaired) electrons. The molecule has 1 N–H and O–H groups in total. The maximum Gasteiger partial charge on any atom is 0.198 e. The first-order valence-electron chi connectivity index (χ1n) is 7.14. The SMILES string of the molecule is Clc1ccc(-n2nnc(/C=C/C=C/[NH+]3CCOCC3)n2)cc1. The Labute approximate surface area is 133 Å². The summed E-state index contributed by atoms with van der Waals surface area (Å²) in [5, 5.41) is 13.0. The summed E-state index contributed by atoms with van der Waals surface area (Å²) >= 11 is 5.86. The fraction of sp³-hybridized carbons (Fsp3) is 0.267. The van der Waals surface area contributed by atoms with Crippen LogP contribution in [0.15, 0.2) is 42.6 Å². The Balaban J connectivity index is 1.60. The molecule has 2 heterocycles. The number of morpholine rings is 1. The number of rotatable bonds is 4. The van der Waals surface area contributed by atoms with Crippen molar-refractivity contribution in [3.05, 3.63) is 53.5 Å². The lowest BCUT2D eigenvalue weighted by molar-refractivity contribution is -0.856. The van der Waals surface area contributed by atoms with E-state index in [0.29, 0.717) is 10.8 Å². The molecule has 0 spiro atoms. The Morgan fingerprint density at radius 1 is 1.14 bits per heavy atom. The monoisotopic (exact) mass is 318 g/mol. The molecule has 6 nitrogen and oxygen atoms in total. The van der Waals surface area contributed by atoms with Crippen LogP contribution < -0.4 is 4.90 Å². The molecule has 1 aliphatic heterocycles. The van der Waals surface area contributed by atoms with Crippen LogP contribution in [-0.2, 0) is 4.74 Å². The lowest BCUT2D eigenvalue weighted by atomic mass is 10.3. The summed E-state index contributed by atoms with van der Waals surface area (Å²) in [7, 11) is 0. The number of quaternary nitrogens is 1. The Bertz CT molecular complexity index is 659. The van der Waals surface area contributed by atoms with E-state index in [2.05, 4.69) is 21.6 Å². The molecule has 0 aliphatic carbocycles. The van der Waals surface area contributed by atoms with E-state index in [1.165, 1.54) is 9.70 Å². The van der Waals surface area contributed by atoms with E-state index in [4.69, 9.17) is 16.3 Å². The van der Waals surface area contributed by atoms with Crippen LogP contribution in [0.5, 0.6) is 0 Å². The van der Waals surface area contributed by atoms with E-state index in [9.17, 15) is 0 Å². The van der Waals surface area contributed by atoms with Crippen molar-refractivity contribution >= 4 is 17.7 Å². The summed E-state index contributed by atoms with van der Waals surface area (Å²) in [4.78, 5) is 2.89. The quantitative estimate of drug-likeness (QED) is 0.846. The summed E-state index contributed by atoms with van der Waals surface area (Å²) < 4.78 is 5.32. The van der Waals surface area contributed by atoms with Gasteiger partial charge in [-0.2, -0.15) is 0 Å². The summed E-state index contributed by atoms with van der Waals surface area (Å²) in [5.74, 6) is 0.566. The first-order chi connectivity index (χ1) is 10.8. The van der Waals surface area contributed by atoms with E-state index >= 15 is 0 Å². The van der Waals surface area contributed by atoms with Crippen LogP contribution in [0.3, 0.4) is 0 Å². The Morgan fingerprint density at radius 3 is 2.68 bits per heavy atom. The van der Waals surface area contributed by atoms with Crippen molar-refractivity contribution in [1.29, 1.82) is 0 Å². The van der Waals surface area contributed by atoms with Crippen molar-refractivity contribution < 1.29 is 9.64 Å². The first-order valence-corrected chi connectivity index (χ1v) is 7.52. The molecule has 114 valence electrons. The highest BCUT2D eigenvalue weighted by atomic mass is 35.5. The van der Waals surface area contributed by atoms with Crippen molar-refractivity contribution in [3.63, 3.8) is 0 Å². The third-order valence-electron chi connectivity index (χ3n) is 3.31. The van der Waals surface area contributed by atoms with Gasteiger partial charge >= 0.3 is 0 Å². The Hall–Kier alpha value is -2.02. The molecule has 3 rings (SSSR count). The molecular weight excluding hydrogens is 302 g/mol. The lowest BCUT2D eigenvalue weighted by Gasteiger charge is -2.19. The lowest BCUT2D eigenvalue weighted by Crippen LogP contribution is -3.09. The van der Waals surface area contributed by atoms with Gasteiger partial charge in [-0.05, 0) is 41.6 Å². The molecule has 1 saturated heterocycles. The second-order valence-electron chi connectivity index (χ2n) is 4.90. The molecule has 1 aliphatic rings. The zero-order valence-corrected chi connectivity index (χ0v) is 12.8. The van der Waals surface area contributed by atoms with Crippen LogP contribution in [0.25, 0.3) is 11.8 Å². The van der Waals surface area contributed by atoms with Gasteiger partial charge in [0, 0.05) is 5.02 Å². The number of allylic oxidation sites excluding steroid dienone is 2. The molecule has 1 aromatic carbocycles. The minimum absolute atomic E-state index is 0.566. The van der Waals surface area contributed by atoms with Crippen LogP contribution in [0.2, 0.25) is 5.02 Å². The maximum absolute atomic E-state index is 5.86. The number of halogens is 1. The number of hydrogen-bond acceptors (Lipinski definition) is 4. The summed E-state index contributed by atoms with van der Waals surface area (Å²) in [5.41, 5.74) is 0.824. The third-order valence-corrected chi connectivity index (χ3v) is 3.56. The number of aromatic nitrogens is 4. The topological polar surface area (TPSA) is 57.3 Å². The van der Waals surface area contributed by atoms with Crippen LogP contribution in [0, 0.1) is 0 Å². The van der Waals surface area contributed by atoms with Gasteiger partial charge in [0.15, 0.2) is 5.82 Å². The fourth-order valence-electron chi connectivity index (χ4n) is 2.11. The normalized spacial score (nSPS) is 16.8. The highest BCUT2D eigenvalue weighted by molar-refractivity contribution is 6.30. The molecule has 2 aromatic rings. The third kappa shape index (κ3) is 4.00. The van der Waals surface area contributed by atoms with E-state index in [1.54, 1.807) is 12.1 Å². The zero-order chi connectivity index (χ0) is 15.2. The molecule has 1 aromatic heterocycles. The van der Waals surface area contributed by atoms with Gasteiger partial charge in [-0.3, -0.25) is 0 Å². The van der Waals surface area contributed by atoms with Crippen LogP contribution >= 0.6 is 11.6 Å². The van der Waals surface area contributed by atoms with Crippen LogP contribution in [0.1, 0.15) is 5.82 Å². The molecular formula is C15H17ClN5O+. The smallest absolute Gasteiger partial charge is 0.198 e. The van der Waals surface area contributed by atoms with Crippen molar-refractivity contribution in [2.45, 2.75) is 0 Å². The second kappa shape index (κ2) is 7.31. The number of hydrogen-bond donors (Lipinski definition) is 1. The molecule has 1 fully saturated rings. The van der Waals surface area contributed by atoms with Gasteiger partial charge in [0.25, 0.3) is 0 Å². The van der Waals surface area contributed by atoms with Gasteiger partial charge in [-0.1, -0.05) is 17.7 Å². The molecule has 0 amide bonds. The van der Waals surface area contributed by atoms with Gasteiger partial charge in [0.1, 0.15) is 13.1 Å². The Morgan fingerprint density at radius 2 is 1.91 bits per heavy atom. The summed E-state index contributed by atoms with van der Waals surface area (Å²) in [6.45, 7) is 3.66. The predicted octanol–water partition coefficient (Wildman–Crippen LogP) is 0.758. The molecule has 0 saturated carbocycles.